The Kier molecular flexibility index (Phi) is 8.51. The first-order chi connectivity index (χ1) is 6.70. The molecule has 0 heterocycles. The Bertz CT molecular complexity index is 153. The average Bonchev–Trinajstić information content (AvgIpc) is 2.15. The fourth-order valence-corrected chi connectivity index (χ4v) is 0.955. The largest absolute Gasteiger partial charge is 0.391 e. The van der Waals surface area contributed by atoms with Crippen LogP contribution in [0.3, 0.4) is 0 Å². The fourth-order valence-electron chi connectivity index (χ4n) is 0.955. The van der Waals surface area contributed by atoms with Crippen molar-refractivity contribution in [1.29, 1.82) is 0 Å². The van der Waals surface area contributed by atoms with Crippen LogP contribution in [0.25, 0.3) is 0 Å². The van der Waals surface area contributed by atoms with E-state index >= 15 is 0 Å². The molecule has 84 valence electrons. The molecule has 0 spiro atoms. The van der Waals surface area contributed by atoms with Gasteiger partial charge in [-0.3, -0.25) is 4.79 Å². The van der Waals surface area contributed by atoms with E-state index < -0.39 is 6.10 Å². The highest BCUT2D eigenvalue weighted by Crippen LogP contribution is 1.89. The van der Waals surface area contributed by atoms with Crippen molar-refractivity contribution in [2.75, 3.05) is 33.4 Å². The minimum absolute atomic E-state index is 0.0449. The van der Waals surface area contributed by atoms with Gasteiger partial charge in [-0.15, -0.1) is 0 Å². The summed E-state index contributed by atoms with van der Waals surface area (Å²) in [5.41, 5.74) is 0. The summed E-state index contributed by atoms with van der Waals surface area (Å²) in [5, 5.41) is 14.8. The molecule has 0 aromatic rings. The van der Waals surface area contributed by atoms with Crippen LogP contribution in [0.5, 0.6) is 0 Å². The maximum absolute atomic E-state index is 11.1. The number of ether oxygens (including phenoxy) is 1. The zero-order valence-electron chi connectivity index (χ0n) is 8.88. The molecule has 5 heteroatoms. The lowest BCUT2D eigenvalue weighted by molar-refractivity contribution is -0.120. The van der Waals surface area contributed by atoms with Crippen LogP contribution in [0.4, 0.5) is 0 Å². The summed E-state index contributed by atoms with van der Waals surface area (Å²) in [6.07, 6.45) is 0.0190. The molecular weight excluding hydrogens is 184 g/mol. The average molecular weight is 204 g/mol. The van der Waals surface area contributed by atoms with Gasteiger partial charge in [-0.05, 0) is 13.0 Å². The molecule has 1 amide bonds. The van der Waals surface area contributed by atoms with E-state index in [0.29, 0.717) is 26.1 Å². The maximum atomic E-state index is 11.1. The minimum Gasteiger partial charge on any atom is -0.391 e. The summed E-state index contributed by atoms with van der Waals surface area (Å²) in [4.78, 5) is 11.1. The standard InChI is InChI=1S/C9H20N2O3/c1-3-10-6-9(13)11-5-4-8(12)7-14-2/h8,10,12H,3-7H2,1-2H3,(H,11,13). The van der Waals surface area contributed by atoms with Crippen LogP contribution < -0.4 is 10.6 Å². The predicted octanol–water partition coefficient (Wildman–Crippen LogP) is -0.890. The van der Waals surface area contributed by atoms with Crippen LogP contribution in [-0.4, -0.2) is 50.5 Å². The topological polar surface area (TPSA) is 70.6 Å². The third-order valence-electron chi connectivity index (χ3n) is 1.69. The van der Waals surface area contributed by atoms with Crippen molar-refractivity contribution in [1.82, 2.24) is 10.6 Å². The molecule has 1 unspecified atom stereocenters. The van der Waals surface area contributed by atoms with Crippen molar-refractivity contribution < 1.29 is 14.6 Å². The number of carbonyl (C=O) groups is 1. The Balaban J connectivity index is 3.30. The number of carbonyl (C=O) groups excluding carboxylic acids is 1. The third-order valence-corrected chi connectivity index (χ3v) is 1.69. The van der Waals surface area contributed by atoms with E-state index in [1.54, 1.807) is 0 Å². The van der Waals surface area contributed by atoms with E-state index in [9.17, 15) is 9.90 Å². The molecule has 3 N–H and O–H groups in total. The van der Waals surface area contributed by atoms with Crippen LogP contribution in [0.1, 0.15) is 13.3 Å². The van der Waals surface area contributed by atoms with E-state index in [2.05, 4.69) is 10.6 Å². The normalized spacial score (nSPS) is 12.5. The van der Waals surface area contributed by atoms with Crippen molar-refractivity contribution in [3.05, 3.63) is 0 Å². The number of methoxy groups -OCH3 is 1. The van der Waals surface area contributed by atoms with E-state index in [1.807, 2.05) is 6.92 Å². The number of aliphatic hydroxyl groups is 1. The Morgan fingerprint density at radius 2 is 2.29 bits per heavy atom. The highest BCUT2D eigenvalue weighted by Gasteiger charge is 2.04. The van der Waals surface area contributed by atoms with Crippen molar-refractivity contribution in [2.45, 2.75) is 19.4 Å². The maximum Gasteiger partial charge on any atom is 0.233 e. The molecule has 5 nitrogen and oxygen atoms in total. The van der Waals surface area contributed by atoms with Crippen LogP contribution in [0.2, 0.25) is 0 Å². The summed E-state index contributed by atoms with van der Waals surface area (Å²) in [7, 11) is 1.53. The SMILES string of the molecule is CCNCC(=O)NCCC(O)COC. The van der Waals surface area contributed by atoms with Gasteiger partial charge in [0.2, 0.25) is 5.91 Å². The van der Waals surface area contributed by atoms with Gasteiger partial charge in [-0.2, -0.15) is 0 Å². The summed E-state index contributed by atoms with van der Waals surface area (Å²) in [6, 6.07) is 0. The Morgan fingerprint density at radius 3 is 2.86 bits per heavy atom. The highest BCUT2D eigenvalue weighted by molar-refractivity contribution is 5.77. The van der Waals surface area contributed by atoms with E-state index in [-0.39, 0.29) is 5.91 Å². The second-order valence-corrected chi connectivity index (χ2v) is 3.03. The second-order valence-electron chi connectivity index (χ2n) is 3.03. The zero-order valence-corrected chi connectivity index (χ0v) is 8.88. The van der Waals surface area contributed by atoms with Gasteiger partial charge in [-0.25, -0.2) is 0 Å². The lowest BCUT2D eigenvalue weighted by atomic mass is 10.2. The number of rotatable bonds is 8. The molecule has 1 atom stereocenters. The van der Waals surface area contributed by atoms with Gasteiger partial charge < -0.3 is 20.5 Å². The van der Waals surface area contributed by atoms with Gasteiger partial charge in [0, 0.05) is 13.7 Å². The molecule has 0 aliphatic rings. The summed E-state index contributed by atoms with van der Waals surface area (Å²) in [6.45, 7) is 3.84. The number of aliphatic hydroxyl groups excluding tert-OH is 1. The number of likely N-dealkylation sites (N-methyl/N-ethyl adjacent to an activating group) is 1. The van der Waals surface area contributed by atoms with Crippen LogP contribution in [0, 0.1) is 0 Å². The monoisotopic (exact) mass is 204 g/mol. The molecule has 0 aromatic carbocycles. The van der Waals surface area contributed by atoms with E-state index in [4.69, 9.17) is 4.74 Å². The Hall–Kier alpha value is -0.650. The summed E-state index contributed by atoms with van der Waals surface area (Å²) >= 11 is 0. The molecule has 0 radical (unpaired) electrons. The molecule has 0 aromatic heterocycles. The summed E-state index contributed by atoms with van der Waals surface area (Å²) in [5.74, 6) is -0.0449. The zero-order chi connectivity index (χ0) is 10.8. The first-order valence-corrected chi connectivity index (χ1v) is 4.85. The number of nitrogens with one attached hydrogen (secondary N) is 2. The van der Waals surface area contributed by atoms with Gasteiger partial charge in [0.15, 0.2) is 0 Å². The van der Waals surface area contributed by atoms with Crippen LogP contribution in [0.15, 0.2) is 0 Å². The van der Waals surface area contributed by atoms with Gasteiger partial charge in [0.1, 0.15) is 0 Å². The molecule has 14 heavy (non-hydrogen) atoms. The third kappa shape index (κ3) is 7.97. The molecule has 0 rings (SSSR count). The van der Waals surface area contributed by atoms with E-state index in [0.717, 1.165) is 6.54 Å². The lowest BCUT2D eigenvalue weighted by Gasteiger charge is -2.10. The van der Waals surface area contributed by atoms with Gasteiger partial charge >= 0.3 is 0 Å². The Morgan fingerprint density at radius 1 is 1.57 bits per heavy atom. The minimum atomic E-state index is -0.501. The molecule has 0 saturated heterocycles. The molecular formula is C9H20N2O3. The van der Waals surface area contributed by atoms with Gasteiger partial charge in [0.05, 0.1) is 19.3 Å². The first kappa shape index (κ1) is 13.4. The summed E-state index contributed by atoms with van der Waals surface area (Å²) < 4.78 is 4.75. The number of hydrogen-bond donors (Lipinski definition) is 3. The van der Waals surface area contributed by atoms with Crippen LogP contribution in [-0.2, 0) is 9.53 Å². The van der Waals surface area contributed by atoms with Crippen molar-refractivity contribution in [3.63, 3.8) is 0 Å². The van der Waals surface area contributed by atoms with Crippen molar-refractivity contribution >= 4 is 5.91 Å². The van der Waals surface area contributed by atoms with Crippen molar-refractivity contribution in [3.8, 4) is 0 Å². The van der Waals surface area contributed by atoms with Crippen molar-refractivity contribution in [2.24, 2.45) is 0 Å². The fraction of sp³-hybridized carbons (Fsp3) is 0.889. The highest BCUT2D eigenvalue weighted by atomic mass is 16.5. The lowest BCUT2D eigenvalue weighted by Crippen LogP contribution is -2.35. The molecule has 0 bridgehead atoms. The van der Waals surface area contributed by atoms with Gasteiger partial charge in [-0.1, -0.05) is 6.92 Å². The molecule has 0 aliphatic heterocycles. The van der Waals surface area contributed by atoms with E-state index in [1.165, 1.54) is 7.11 Å². The Labute approximate surface area is 84.8 Å². The predicted molar refractivity (Wildman–Crippen MR) is 54.1 cm³/mol. The number of amides is 1. The van der Waals surface area contributed by atoms with Crippen LogP contribution >= 0.6 is 0 Å². The van der Waals surface area contributed by atoms with Gasteiger partial charge in [0.25, 0.3) is 0 Å². The first-order valence-electron chi connectivity index (χ1n) is 4.85. The quantitative estimate of drug-likeness (QED) is 0.480. The second kappa shape index (κ2) is 8.93. The molecule has 0 fully saturated rings. The smallest absolute Gasteiger partial charge is 0.233 e. The number of hydrogen-bond acceptors (Lipinski definition) is 4. The molecule has 0 aliphatic carbocycles. The molecule has 0 saturated carbocycles.